The molecule has 0 aromatic heterocycles. The highest BCUT2D eigenvalue weighted by molar-refractivity contribution is 5.79. The van der Waals surface area contributed by atoms with Crippen molar-refractivity contribution in [2.24, 2.45) is 16.6 Å². The normalized spacial score (nSPS) is 20.0. The van der Waals surface area contributed by atoms with E-state index < -0.39 is 0 Å². The monoisotopic (exact) mass is 337 g/mol. The van der Waals surface area contributed by atoms with Gasteiger partial charge in [0.1, 0.15) is 0 Å². The van der Waals surface area contributed by atoms with Crippen molar-refractivity contribution in [3.05, 3.63) is 0 Å². The molecule has 0 aromatic carbocycles. The van der Waals surface area contributed by atoms with Crippen molar-refractivity contribution in [1.29, 1.82) is 0 Å². The van der Waals surface area contributed by atoms with Crippen molar-refractivity contribution in [2.75, 3.05) is 45.8 Å². The average molecular weight is 338 g/mol. The van der Waals surface area contributed by atoms with E-state index in [9.17, 15) is 4.79 Å². The molecule has 1 aliphatic heterocycles. The lowest BCUT2D eigenvalue weighted by Crippen LogP contribution is -2.52. The van der Waals surface area contributed by atoms with Gasteiger partial charge >= 0.3 is 0 Å². The maximum absolute atomic E-state index is 12.2. The van der Waals surface area contributed by atoms with Crippen LogP contribution in [0.5, 0.6) is 0 Å². The van der Waals surface area contributed by atoms with Gasteiger partial charge in [0.2, 0.25) is 5.91 Å². The Labute approximate surface area is 146 Å². The molecule has 2 aliphatic rings. The number of hydrogen-bond donors (Lipinski definition) is 2. The van der Waals surface area contributed by atoms with E-state index in [0.29, 0.717) is 17.8 Å². The van der Waals surface area contributed by atoms with Crippen LogP contribution in [0.15, 0.2) is 4.99 Å². The fourth-order valence-electron chi connectivity index (χ4n) is 3.24. The van der Waals surface area contributed by atoms with E-state index in [0.717, 1.165) is 65.1 Å². The fourth-order valence-corrected chi connectivity index (χ4v) is 3.24. The van der Waals surface area contributed by atoms with Gasteiger partial charge < -0.3 is 16.0 Å². The lowest BCUT2D eigenvalue weighted by molar-refractivity contribution is -0.139. The highest BCUT2D eigenvalue weighted by Crippen LogP contribution is 2.28. The number of carbonyl (C=O) groups is 1. The molecule has 6 heteroatoms. The molecular weight excluding hydrogens is 302 g/mol. The first-order valence-corrected chi connectivity index (χ1v) is 9.75. The van der Waals surface area contributed by atoms with Crippen LogP contribution >= 0.6 is 0 Å². The molecule has 0 bridgehead atoms. The Morgan fingerprint density at radius 1 is 1.17 bits per heavy atom. The SMILES string of the molecule is CCCCCCN=C(N)NCCN1CCN(C(=O)C2CCC2)CC1. The van der Waals surface area contributed by atoms with Crippen LogP contribution in [0.4, 0.5) is 0 Å². The molecule has 0 unspecified atom stereocenters. The summed E-state index contributed by atoms with van der Waals surface area (Å²) in [4.78, 5) is 21.0. The number of nitrogens with two attached hydrogens (primary N) is 1. The van der Waals surface area contributed by atoms with Crippen molar-refractivity contribution >= 4 is 11.9 Å². The quantitative estimate of drug-likeness (QED) is 0.379. The highest BCUT2D eigenvalue weighted by Gasteiger charge is 2.30. The number of guanidine groups is 1. The van der Waals surface area contributed by atoms with Crippen LogP contribution in [0.2, 0.25) is 0 Å². The topological polar surface area (TPSA) is 74.0 Å². The number of aliphatic imine (C=N–C) groups is 1. The minimum atomic E-state index is 0.326. The van der Waals surface area contributed by atoms with Gasteiger partial charge in [0.15, 0.2) is 5.96 Å². The summed E-state index contributed by atoms with van der Waals surface area (Å²) in [6, 6.07) is 0. The molecular formula is C18H35N5O. The Balaban J connectivity index is 1.52. The van der Waals surface area contributed by atoms with Crippen LogP contribution < -0.4 is 11.1 Å². The summed E-state index contributed by atoms with van der Waals surface area (Å²) in [5, 5.41) is 3.20. The Bertz CT molecular complexity index is 400. The lowest BCUT2D eigenvalue weighted by Gasteiger charge is -2.38. The van der Waals surface area contributed by atoms with Crippen LogP contribution in [0.1, 0.15) is 51.9 Å². The Kier molecular flexibility index (Phi) is 8.36. The van der Waals surface area contributed by atoms with Gasteiger partial charge in [-0.3, -0.25) is 14.7 Å². The van der Waals surface area contributed by atoms with E-state index in [1.165, 1.54) is 25.7 Å². The summed E-state index contributed by atoms with van der Waals surface area (Å²) in [6.07, 6.45) is 8.29. The average Bonchev–Trinajstić information content (AvgIpc) is 2.53. The Morgan fingerprint density at radius 2 is 1.92 bits per heavy atom. The van der Waals surface area contributed by atoms with Gasteiger partial charge in [-0.25, -0.2) is 0 Å². The van der Waals surface area contributed by atoms with Crippen molar-refractivity contribution < 1.29 is 4.79 Å². The molecule has 1 heterocycles. The molecule has 1 saturated carbocycles. The minimum Gasteiger partial charge on any atom is -0.370 e. The van der Waals surface area contributed by atoms with Gasteiger partial charge in [0, 0.05) is 51.7 Å². The maximum Gasteiger partial charge on any atom is 0.225 e. The molecule has 138 valence electrons. The number of unbranched alkanes of at least 4 members (excludes halogenated alkanes) is 3. The van der Waals surface area contributed by atoms with E-state index in [2.05, 4.69) is 27.0 Å². The van der Waals surface area contributed by atoms with Gasteiger partial charge in [-0.05, 0) is 19.3 Å². The molecule has 0 radical (unpaired) electrons. The summed E-state index contributed by atoms with van der Waals surface area (Å²) in [6.45, 7) is 8.48. The zero-order chi connectivity index (χ0) is 17.2. The van der Waals surface area contributed by atoms with E-state index in [1.807, 2.05) is 0 Å². The van der Waals surface area contributed by atoms with Crippen LogP contribution in [-0.4, -0.2) is 67.5 Å². The molecule has 2 rings (SSSR count). The number of piperazine rings is 1. The first kappa shape index (κ1) is 19.0. The molecule has 1 amide bonds. The number of carbonyl (C=O) groups excluding carboxylic acids is 1. The summed E-state index contributed by atoms with van der Waals surface area (Å²) in [5.41, 5.74) is 5.89. The minimum absolute atomic E-state index is 0.326. The summed E-state index contributed by atoms with van der Waals surface area (Å²) in [5.74, 6) is 1.27. The van der Waals surface area contributed by atoms with Gasteiger partial charge in [0.05, 0.1) is 0 Å². The zero-order valence-corrected chi connectivity index (χ0v) is 15.3. The molecule has 0 aromatic rings. The largest absolute Gasteiger partial charge is 0.370 e. The summed E-state index contributed by atoms with van der Waals surface area (Å²) in [7, 11) is 0. The van der Waals surface area contributed by atoms with Gasteiger partial charge in [-0.1, -0.05) is 32.6 Å². The number of amides is 1. The highest BCUT2D eigenvalue weighted by atomic mass is 16.2. The fraction of sp³-hybridized carbons (Fsp3) is 0.889. The third-order valence-corrected chi connectivity index (χ3v) is 5.17. The van der Waals surface area contributed by atoms with Gasteiger partial charge in [-0.2, -0.15) is 0 Å². The Hall–Kier alpha value is -1.30. The molecule has 24 heavy (non-hydrogen) atoms. The smallest absolute Gasteiger partial charge is 0.225 e. The van der Waals surface area contributed by atoms with Crippen molar-refractivity contribution in [2.45, 2.75) is 51.9 Å². The number of rotatable bonds is 9. The second-order valence-electron chi connectivity index (χ2n) is 7.05. The van der Waals surface area contributed by atoms with Crippen molar-refractivity contribution in [3.8, 4) is 0 Å². The molecule has 2 fully saturated rings. The number of nitrogens with one attached hydrogen (secondary N) is 1. The first-order valence-electron chi connectivity index (χ1n) is 9.75. The molecule has 0 atom stereocenters. The molecule has 6 nitrogen and oxygen atoms in total. The van der Waals surface area contributed by atoms with Crippen LogP contribution in [0.3, 0.4) is 0 Å². The van der Waals surface area contributed by atoms with Crippen molar-refractivity contribution in [1.82, 2.24) is 15.1 Å². The molecule has 1 saturated heterocycles. The third kappa shape index (κ3) is 6.30. The third-order valence-electron chi connectivity index (χ3n) is 5.17. The number of hydrogen-bond acceptors (Lipinski definition) is 3. The zero-order valence-electron chi connectivity index (χ0n) is 15.3. The van der Waals surface area contributed by atoms with E-state index in [4.69, 9.17) is 5.73 Å². The standard InChI is InChI=1S/C18H35N5O/c1-2-3-4-5-9-20-18(19)21-10-11-22-12-14-23(15-13-22)17(24)16-7-6-8-16/h16H,2-15H2,1H3,(H3,19,20,21). The van der Waals surface area contributed by atoms with Gasteiger partial charge in [-0.15, -0.1) is 0 Å². The first-order chi connectivity index (χ1) is 11.7. The van der Waals surface area contributed by atoms with Gasteiger partial charge in [0.25, 0.3) is 0 Å². The lowest BCUT2D eigenvalue weighted by atomic mass is 9.84. The Morgan fingerprint density at radius 3 is 2.54 bits per heavy atom. The number of nitrogens with zero attached hydrogens (tertiary/aromatic N) is 3. The van der Waals surface area contributed by atoms with Crippen molar-refractivity contribution in [3.63, 3.8) is 0 Å². The summed E-state index contributed by atoms with van der Waals surface area (Å²) < 4.78 is 0. The second kappa shape index (κ2) is 10.5. The molecule has 0 spiro atoms. The van der Waals surface area contributed by atoms with Crippen LogP contribution in [0, 0.1) is 5.92 Å². The molecule has 1 aliphatic carbocycles. The molecule has 3 N–H and O–H groups in total. The van der Waals surface area contributed by atoms with E-state index >= 15 is 0 Å². The van der Waals surface area contributed by atoms with Crippen LogP contribution in [0.25, 0.3) is 0 Å². The second-order valence-corrected chi connectivity index (χ2v) is 7.05. The van der Waals surface area contributed by atoms with Crippen LogP contribution in [-0.2, 0) is 4.79 Å². The predicted octanol–water partition coefficient (Wildman–Crippen LogP) is 1.42. The maximum atomic E-state index is 12.2. The predicted molar refractivity (Wildman–Crippen MR) is 99.0 cm³/mol. The summed E-state index contributed by atoms with van der Waals surface area (Å²) >= 11 is 0. The van der Waals surface area contributed by atoms with E-state index in [1.54, 1.807) is 0 Å². The van der Waals surface area contributed by atoms with E-state index in [-0.39, 0.29) is 0 Å².